The minimum absolute atomic E-state index is 0.0174. The van der Waals surface area contributed by atoms with Crippen LogP contribution in [0.5, 0.6) is 0 Å². The van der Waals surface area contributed by atoms with Crippen LogP contribution in [0.25, 0.3) is 0 Å². The number of rotatable bonds is 5. The van der Waals surface area contributed by atoms with Crippen molar-refractivity contribution in [1.29, 1.82) is 0 Å². The smallest absolute Gasteiger partial charge is 0.314 e. The molecule has 4 heteroatoms. The van der Waals surface area contributed by atoms with E-state index in [0.29, 0.717) is 19.5 Å². The Morgan fingerprint density at radius 3 is 2.32 bits per heavy atom. The van der Waals surface area contributed by atoms with Gasteiger partial charge in [-0.15, -0.1) is 0 Å². The molecule has 3 aromatic rings. The Bertz CT molecular complexity index is 1150. The first-order valence-corrected chi connectivity index (χ1v) is 12.2. The van der Waals surface area contributed by atoms with Crippen LogP contribution >= 0.6 is 0 Å². The van der Waals surface area contributed by atoms with Gasteiger partial charge in [0.25, 0.3) is 0 Å². The predicted molar refractivity (Wildman–Crippen MR) is 133 cm³/mol. The number of carbonyl (C=O) groups is 1. The van der Waals surface area contributed by atoms with Crippen LogP contribution in [-0.2, 0) is 21.7 Å². The topological polar surface area (TPSA) is 49.8 Å². The Hall–Kier alpha value is -2.95. The monoisotopic (exact) mass is 455 g/mol. The molecule has 0 aromatic heterocycles. The molecule has 0 radical (unpaired) electrons. The summed E-state index contributed by atoms with van der Waals surface area (Å²) in [6.45, 7) is 3.99. The second kappa shape index (κ2) is 9.01. The van der Waals surface area contributed by atoms with Crippen molar-refractivity contribution in [2.45, 2.75) is 37.8 Å². The third kappa shape index (κ3) is 3.66. The lowest BCUT2D eigenvalue weighted by Gasteiger charge is -2.51. The fourth-order valence-corrected chi connectivity index (χ4v) is 6.72. The number of hydrogen-bond acceptors (Lipinski definition) is 4. The van der Waals surface area contributed by atoms with Crippen LogP contribution in [0.4, 0.5) is 0 Å². The summed E-state index contributed by atoms with van der Waals surface area (Å²) >= 11 is 0. The predicted octanol–water partition coefficient (Wildman–Crippen LogP) is 5.05. The average Bonchev–Trinajstić information content (AvgIpc) is 3.26. The van der Waals surface area contributed by atoms with Gasteiger partial charge in [0.2, 0.25) is 0 Å². The van der Waals surface area contributed by atoms with Gasteiger partial charge in [-0.1, -0.05) is 84.9 Å². The van der Waals surface area contributed by atoms with Crippen molar-refractivity contribution in [2.24, 2.45) is 11.3 Å². The highest BCUT2D eigenvalue weighted by atomic mass is 16.5. The summed E-state index contributed by atoms with van der Waals surface area (Å²) in [5, 5.41) is 12.4. The van der Waals surface area contributed by atoms with Crippen molar-refractivity contribution < 1.29 is 14.6 Å². The van der Waals surface area contributed by atoms with Crippen molar-refractivity contribution in [3.05, 3.63) is 107 Å². The minimum Gasteiger partial charge on any atom is -0.469 e. The van der Waals surface area contributed by atoms with Crippen LogP contribution in [0.1, 0.15) is 41.0 Å². The lowest BCUT2D eigenvalue weighted by atomic mass is 9.53. The van der Waals surface area contributed by atoms with Gasteiger partial charge in [-0.05, 0) is 42.0 Å². The molecule has 176 valence electrons. The molecule has 5 rings (SSSR count). The molecule has 4 unspecified atom stereocenters. The van der Waals surface area contributed by atoms with Gasteiger partial charge in [0.15, 0.2) is 0 Å². The Balaban J connectivity index is 1.64. The molecule has 3 aromatic carbocycles. The third-order valence-corrected chi connectivity index (χ3v) is 8.19. The summed E-state index contributed by atoms with van der Waals surface area (Å²) in [6, 6.07) is 28.7. The van der Waals surface area contributed by atoms with Crippen LogP contribution in [0.15, 0.2) is 84.9 Å². The fraction of sp³-hybridized carbons (Fsp3) is 0.367. The number of aryl methyl sites for hydroxylation is 1. The summed E-state index contributed by atoms with van der Waals surface area (Å²) in [6.07, 6.45) is 1.33. The van der Waals surface area contributed by atoms with Gasteiger partial charge >= 0.3 is 5.97 Å². The first-order valence-electron chi connectivity index (χ1n) is 12.2. The summed E-state index contributed by atoms with van der Waals surface area (Å²) < 4.78 is 5.53. The van der Waals surface area contributed by atoms with E-state index in [1.165, 1.54) is 12.7 Å². The highest BCUT2D eigenvalue weighted by Crippen LogP contribution is 2.61. The second-order valence-electron chi connectivity index (χ2n) is 9.98. The van der Waals surface area contributed by atoms with Crippen LogP contribution in [0.2, 0.25) is 0 Å². The van der Waals surface area contributed by atoms with Gasteiger partial charge in [0.05, 0.1) is 18.1 Å². The molecule has 0 bridgehead atoms. The number of aliphatic hydroxyl groups is 1. The summed E-state index contributed by atoms with van der Waals surface area (Å²) in [5.41, 5.74) is 2.41. The van der Waals surface area contributed by atoms with E-state index in [9.17, 15) is 9.90 Å². The number of ether oxygens (including phenoxy) is 1. The zero-order valence-corrected chi connectivity index (χ0v) is 20.0. The van der Waals surface area contributed by atoms with Gasteiger partial charge in [-0.2, -0.15) is 0 Å². The third-order valence-electron chi connectivity index (χ3n) is 8.19. The molecule has 0 spiro atoms. The minimum atomic E-state index is -1.10. The Morgan fingerprint density at radius 2 is 1.65 bits per heavy atom. The van der Waals surface area contributed by atoms with E-state index in [1.54, 1.807) is 0 Å². The average molecular weight is 456 g/mol. The number of likely N-dealkylation sites (tertiary alicyclic amines) is 1. The van der Waals surface area contributed by atoms with E-state index in [0.717, 1.165) is 29.7 Å². The Kier molecular flexibility index (Phi) is 6.05. The molecule has 1 aliphatic carbocycles. The molecule has 1 saturated heterocycles. The number of methoxy groups -OCH3 is 1. The second-order valence-corrected chi connectivity index (χ2v) is 9.98. The molecule has 1 saturated carbocycles. The number of fused-ring (bicyclic) bond motifs is 1. The lowest BCUT2D eigenvalue weighted by Crippen LogP contribution is -2.56. The SMILES string of the molecule is COC(=O)C12CN(Cc3ccccc3)CC1C(O)(c1ccccc1C)CCC2c1ccccc1. The fourth-order valence-electron chi connectivity index (χ4n) is 6.72. The molecule has 4 atom stereocenters. The van der Waals surface area contributed by atoms with Crippen molar-refractivity contribution in [3.8, 4) is 0 Å². The number of carbonyl (C=O) groups excluding carboxylic acids is 1. The Labute approximate surface area is 202 Å². The molecule has 2 aliphatic rings. The van der Waals surface area contributed by atoms with Gasteiger partial charge < -0.3 is 9.84 Å². The normalized spacial score (nSPS) is 28.9. The Morgan fingerprint density at radius 1 is 1.00 bits per heavy atom. The first-order chi connectivity index (χ1) is 16.5. The van der Waals surface area contributed by atoms with Gasteiger partial charge in [-0.25, -0.2) is 0 Å². The molecule has 2 fully saturated rings. The number of hydrogen-bond donors (Lipinski definition) is 1. The standard InChI is InChI=1S/C30H33NO3/c1-22-11-9-10-16-25(22)30(33)18-17-26(24-14-7-4-8-15-24)29(28(32)34-2)21-31(20-27(29)30)19-23-12-5-3-6-13-23/h3-16,26-27,33H,17-21H2,1-2H3. The quantitative estimate of drug-likeness (QED) is 0.547. The largest absolute Gasteiger partial charge is 0.469 e. The molecule has 1 heterocycles. The van der Waals surface area contributed by atoms with Crippen LogP contribution in [-0.4, -0.2) is 36.2 Å². The number of benzene rings is 3. The van der Waals surface area contributed by atoms with Crippen molar-refractivity contribution in [2.75, 3.05) is 20.2 Å². The van der Waals surface area contributed by atoms with Gasteiger partial charge in [-0.3, -0.25) is 9.69 Å². The zero-order chi connectivity index (χ0) is 23.8. The van der Waals surface area contributed by atoms with Crippen molar-refractivity contribution in [1.82, 2.24) is 4.90 Å². The van der Waals surface area contributed by atoms with Crippen LogP contribution < -0.4 is 0 Å². The van der Waals surface area contributed by atoms with Crippen molar-refractivity contribution >= 4 is 5.97 Å². The molecular weight excluding hydrogens is 422 g/mol. The maximum absolute atomic E-state index is 13.8. The molecule has 1 N–H and O–H groups in total. The van der Waals surface area contributed by atoms with Gasteiger partial charge in [0.1, 0.15) is 0 Å². The van der Waals surface area contributed by atoms with Crippen LogP contribution in [0, 0.1) is 18.3 Å². The molecule has 1 aliphatic heterocycles. The number of esters is 1. The molecule has 4 nitrogen and oxygen atoms in total. The summed E-state index contributed by atoms with van der Waals surface area (Å²) in [5.74, 6) is -0.513. The van der Waals surface area contributed by atoms with E-state index >= 15 is 0 Å². The number of nitrogens with zero attached hydrogens (tertiary/aromatic N) is 1. The molecule has 0 amide bonds. The van der Waals surface area contributed by atoms with Crippen LogP contribution in [0.3, 0.4) is 0 Å². The maximum atomic E-state index is 13.8. The lowest BCUT2D eigenvalue weighted by molar-refractivity contribution is -0.173. The van der Waals surface area contributed by atoms with Crippen molar-refractivity contribution in [3.63, 3.8) is 0 Å². The van der Waals surface area contributed by atoms with E-state index in [1.807, 2.05) is 67.6 Å². The van der Waals surface area contributed by atoms with E-state index in [-0.39, 0.29) is 17.8 Å². The van der Waals surface area contributed by atoms with Gasteiger partial charge in [0, 0.05) is 31.5 Å². The summed E-state index contributed by atoms with van der Waals surface area (Å²) in [7, 11) is 1.48. The molecular formula is C30H33NO3. The maximum Gasteiger partial charge on any atom is 0.314 e. The molecule has 34 heavy (non-hydrogen) atoms. The van der Waals surface area contributed by atoms with E-state index in [4.69, 9.17) is 4.74 Å². The van der Waals surface area contributed by atoms with E-state index < -0.39 is 11.0 Å². The summed E-state index contributed by atoms with van der Waals surface area (Å²) in [4.78, 5) is 16.1. The zero-order valence-electron chi connectivity index (χ0n) is 20.0. The van der Waals surface area contributed by atoms with E-state index in [2.05, 4.69) is 29.2 Å². The first kappa shape index (κ1) is 22.8. The highest BCUT2D eigenvalue weighted by Gasteiger charge is 2.66. The highest BCUT2D eigenvalue weighted by molar-refractivity contribution is 5.80.